The van der Waals surface area contributed by atoms with Crippen molar-refractivity contribution in [2.45, 2.75) is 20.0 Å². The van der Waals surface area contributed by atoms with Crippen LogP contribution in [-0.2, 0) is 9.53 Å². The van der Waals surface area contributed by atoms with Crippen molar-refractivity contribution in [1.29, 1.82) is 0 Å². The van der Waals surface area contributed by atoms with Gasteiger partial charge in [-0.25, -0.2) is 13.9 Å². The number of para-hydroxylation sites is 1. The SMILES string of the molecule is Cc1ccnn1-c1ccc(C(=O)O[C@@H](C)C(=O)Nc2ccccc2F)cc1. The van der Waals surface area contributed by atoms with Crippen LogP contribution in [0.3, 0.4) is 0 Å². The van der Waals surface area contributed by atoms with E-state index >= 15 is 0 Å². The average molecular weight is 367 g/mol. The zero-order chi connectivity index (χ0) is 19.4. The molecular formula is C20H18FN3O3. The van der Waals surface area contributed by atoms with Crippen molar-refractivity contribution in [3.05, 3.63) is 77.9 Å². The smallest absolute Gasteiger partial charge is 0.338 e. The van der Waals surface area contributed by atoms with Crippen LogP contribution in [0, 0.1) is 12.7 Å². The Morgan fingerprint density at radius 2 is 1.81 bits per heavy atom. The van der Waals surface area contributed by atoms with Crippen molar-refractivity contribution in [2.24, 2.45) is 0 Å². The summed E-state index contributed by atoms with van der Waals surface area (Å²) < 4.78 is 20.5. The van der Waals surface area contributed by atoms with E-state index in [0.29, 0.717) is 5.56 Å². The quantitative estimate of drug-likeness (QED) is 0.701. The number of anilines is 1. The van der Waals surface area contributed by atoms with Gasteiger partial charge in [-0.3, -0.25) is 4.79 Å². The molecule has 3 aromatic rings. The van der Waals surface area contributed by atoms with Gasteiger partial charge in [0.2, 0.25) is 0 Å². The Morgan fingerprint density at radius 1 is 1.11 bits per heavy atom. The maximum absolute atomic E-state index is 13.6. The third-order valence-electron chi connectivity index (χ3n) is 3.96. The van der Waals surface area contributed by atoms with E-state index in [2.05, 4.69) is 10.4 Å². The molecule has 0 radical (unpaired) electrons. The molecule has 0 aliphatic rings. The lowest BCUT2D eigenvalue weighted by Gasteiger charge is -2.14. The van der Waals surface area contributed by atoms with E-state index in [4.69, 9.17) is 4.74 Å². The Bertz CT molecular complexity index is 967. The second-order valence-electron chi connectivity index (χ2n) is 5.95. The molecule has 0 fully saturated rings. The lowest BCUT2D eigenvalue weighted by atomic mass is 10.2. The second-order valence-corrected chi connectivity index (χ2v) is 5.95. The van der Waals surface area contributed by atoms with Crippen molar-refractivity contribution in [3.63, 3.8) is 0 Å². The number of esters is 1. The van der Waals surface area contributed by atoms with E-state index in [-0.39, 0.29) is 5.69 Å². The van der Waals surface area contributed by atoms with Crippen molar-refractivity contribution in [2.75, 3.05) is 5.32 Å². The standard InChI is InChI=1S/C20H18FN3O3/c1-13-11-12-22-24(13)16-9-7-15(8-10-16)20(26)27-14(2)19(25)23-18-6-4-3-5-17(18)21/h3-12,14H,1-2H3,(H,23,25)/t14-/m0/s1. The number of nitrogens with zero attached hydrogens (tertiary/aromatic N) is 2. The zero-order valence-electron chi connectivity index (χ0n) is 14.8. The summed E-state index contributed by atoms with van der Waals surface area (Å²) in [6, 6.07) is 14.3. The predicted octanol–water partition coefficient (Wildman–Crippen LogP) is 3.50. The fourth-order valence-electron chi connectivity index (χ4n) is 2.46. The molecule has 138 valence electrons. The molecule has 0 saturated heterocycles. The van der Waals surface area contributed by atoms with Crippen LogP contribution >= 0.6 is 0 Å². The number of nitrogens with one attached hydrogen (secondary N) is 1. The summed E-state index contributed by atoms with van der Waals surface area (Å²) in [5.41, 5.74) is 2.10. The fourth-order valence-corrected chi connectivity index (χ4v) is 2.46. The molecular weight excluding hydrogens is 349 g/mol. The Balaban J connectivity index is 1.63. The largest absolute Gasteiger partial charge is 0.449 e. The van der Waals surface area contributed by atoms with E-state index in [1.807, 2.05) is 13.0 Å². The number of halogens is 1. The van der Waals surface area contributed by atoms with E-state index in [1.54, 1.807) is 41.2 Å². The minimum Gasteiger partial charge on any atom is -0.449 e. The number of benzene rings is 2. The van der Waals surface area contributed by atoms with Gasteiger partial charge >= 0.3 is 5.97 Å². The molecule has 0 spiro atoms. The normalized spacial score (nSPS) is 11.7. The minimum absolute atomic E-state index is 0.0318. The molecule has 0 aliphatic heterocycles. The molecule has 2 aromatic carbocycles. The molecule has 1 aromatic heterocycles. The Labute approximate surface area is 155 Å². The number of aromatic nitrogens is 2. The number of carbonyl (C=O) groups excluding carboxylic acids is 2. The number of hydrogen-bond acceptors (Lipinski definition) is 4. The van der Waals surface area contributed by atoms with E-state index in [9.17, 15) is 14.0 Å². The third kappa shape index (κ3) is 4.20. The van der Waals surface area contributed by atoms with Crippen LogP contribution in [0.1, 0.15) is 23.0 Å². The summed E-state index contributed by atoms with van der Waals surface area (Å²) >= 11 is 0. The van der Waals surface area contributed by atoms with Crippen LogP contribution in [0.2, 0.25) is 0 Å². The van der Waals surface area contributed by atoms with Gasteiger partial charge in [-0.15, -0.1) is 0 Å². The first-order valence-electron chi connectivity index (χ1n) is 8.33. The highest BCUT2D eigenvalue weighted by Gasteiger charge is 2.20. The van der Waals surface area contributed by atoms with E-state index < -0.39 is 23.8 Å². The topological polar surface area (TPSA) is 73.2 Å². The third-order valence-corrected chi connectivity index (χ3v) is 3.96. The lowest BCUT2D eigenvalue weighted by Crippen LogP contribution is -2.30. The highest BCUT2D eigenvalue weighted by Crippen LogP contribution is 2.15. The van der Waals surface area contributed by atoms with Crippen LogP contribution in [0.15, 0.2) is 60.8 Å². The van der Waals surface area contributed by atoms with Crippen LogP contribution in [-0.4, -0.2) is 27.8 Å². The molecule has 0 unspecified atom stereocenters. The summed E-state index contributed by atoms with van der Waals surface area (Å²) in [5, 5.41) is 6.59. The van der Waals surface area contributed by atoms with Crippen molar-refractivity contribution in [3.8, 4) is 5.69 Å². The first kappa shape index (κ1) is 18.3. The molecule has 6 nitrogen and oxygen atoms in total. The Hall–Kier alpha value is -3.48. The van der Waals surface area contributed by atoms with Gasteiger partial charge in [0.15, 0.2) is 6.10 Å². The van der Waals surface area contributed by atoms with E-state index in [1.165, 1.54) is 25.1 Å². The predicted molar refractivity (Wildman–Crippen MR) is 98.2 cm³/mol. The first-order chi connectivity index (χ1) is 13.0. The summed E-state index contributed by atoms with van der Waals surface area (Å²) in [7, 11) is 0. The van der Waals surface area contributed by atoms with Gasteiger partial charge in [0.05, 0.1) is 16.9 Å². The maximum atomic E-state index is 13.6. The van der Waals surface area contributed by atoms with Gasteiger partial charge in [0.25, 0.3) is 5.91 Å². The van der Waals surface area contributed by atoms with Gasteiger partial charge in [0.1, 0.15) is 5.82 Å². The van der Waals surface area contributed by atoms with Crippen LogP contribution < -0.4 is 5.32 Å². The molecule has 1 amide bonds. The number of ether oxygens (including phenoxy) is 1. The van der Waals surface area contributed by atoms with Gasteiger partial charge < -0.3 is 10.1 Å². The van der Waals surface area contributed by atoms with Crippen molar-refractivity contribution >= 4 is 17.6 Å². The van der Waals surface area contributed by atoms with Gasteiger partial charge in [0, 0.05) is 11.9 Å². The monoisotopic (exact) mass is 367 g/mol. The number of hydrogen-bond donors (Lipinski definition) is 1. The van der Waals surface area contributed by atoms with Gasteiger partial charge in [-0.2, -0.15) is 5.10 Å². The molecule has 0 saturated carbocycles. The molecule has 7 heteroatoms. The number of aryl methyl sites for hydroxylation is 1. The molecule has 27 heavy (non-hydrogen) atoms. The molecule has 3 rings (SSSR count). The second kappa shape index (κ2) is 7.82. The van der Waals surface area contributed by atoms with Crippen molar-refractivity contribution in [1.82, 2.24) is 9.78 Å². The van der Waals surface area contributed by atoms with Crippen LogP contribution in [0.4, 0.5) is 10.1 Å². The Kier molecular flexibility index (Phi) is 5.30. The van der Waals surface area contributed by atoms with Crippen molar-refractivity contribution < 1.29 is 18.7 Å². The Morgan fingerprint density at radius 3 is 2.44 bits per heavy atom. The summed E-state index contributed by atoms with van der Waals surface area (Å²) in [5.74, 6) is -1.82. The summed E-state index contributed by atoms with van der Waals surface area (Å²) in [6.07, 6.45) is 0.609. The number of carbonyl (C=O) groups is 2. The highest BCUT2D eigenvalue weighted by atomic mass is 19.1. The maximum Gasteiger partial charge on any atom is 0.338 e. The minimum atomic E-state index is -1.08. The van der Waals surface area contributed by atoms with Gasteiger partial charge in [-0.1, -0.05) is 12.1 Å². The zero-order valence-corrected chi connectivity index (χ0v) is 14.8. The van der Waals surface area contributed by atoms with E-state index in [0.717, 1.165) is 11.4 Å². The lowest BCUT2D eigenvalue weighted by molar-refractivity contribution is -0.123. The highest BCUT2D eigenvalue weighted by molar-refractivity contribution is 5.97. The summed E-state index contributed by atoms with van der Waals surface area (Å²) in [6.45, 7) is 3.35. The first-order valence-corrected chi connectivity index (χ1v) is 8.33. The molecule has 1 heterocycles. The molecule has 1 N–H and O–H groups in total. The summed E-state index contributed by atoms with van der Waals surface area (Å²) in [4.78, 5) is 24.4. The van der Waals surface area contributed by atoms with Crippen LogP contribution in [0.5, 0.6) is 0 Å². The molecule has 0 aliphatic carbocycles. The average Bonchev–Trinajstić information content (AvgIpc) is 3.09. The fraction of sp³-hybridized carbons (Fsp3) is 0.150. The molecule has 0 bridgehead atoms. The number of rotatable bonds is 5. The molecule has 1 atom stereocenters. The van der Waals surface area contributed by atoms with Gasteiger partial charge in [-0.05, 0) is 56.3 Å². The van der Waals surface area contributed by atoms with Crippen LogP contribution in [0.25, 0.3) is 5.69 Å². The number of amides is 1.